The fourth-order valence-corrected chi connectivity index (χ4v) is 5.68. The molecular formula is C21H33N3O4S. The highest BCUT2D eigenvalue weighted by Gasteiger charge is 2.27. The Morgan fingerprint density at radius 3 is 2.34 bits per heavy atom. The number of piperidine rings is 1. The van der Waals surface area contributed by atoms with Gasteiger partial charge in [0.1, 0.15) is 10.6 Å². The maximum absolute atomic E-state index is 12.9. The molecule has 2 fully saturated rings. The Morgan fingerprint density at radius 1 is 1.10 bits per heavy atom. The molecule has 1 aromatic carbocycles. The Bertz CT molecular complexity index is 811. The van der Waals surface area contributed by atoms with E-state index < -0.39 is 10.0 Å². The highest BCUT2D eigenvalue weighted by molar-refractivity contribution is 7.89. The van der Waals surface area contributed by atoms with Crippen molar-refractivity contribution in [3.8, 4) is 5.75 Å². The Kier molecular flexibility index (Phi) is 7.19. The predicted molar refractivity (Wildman–Crippen MR) is 113 cm³/mol. The lowest BCUT2D eigenvalue weighted by molar-refractivity contribution is 0.0900. The van der Waals surface area contributed by atoms with Gasteiger partial charge in [-0.25, -0.2) is 13.1 Å². The summed E-state index contributed by atoms with van der Waals surface area (Å²) in [5.41, 5.74) is 0.337. The monoisotopic (exact) mass is 423 g/mol. The maximum Gasteiger partial charge on any atom is 0.251 e. The first-order chi connectivity index (χ1) is 13.8. The second-order valence-electron chi connectivity index (χ2n) is 8.35. The second kappa shape index (κ2) is 9.45. The fourth-order valence-electron chi connectivity index (χ4n) is 4.18. The second-order valence-corrected chi connectivity index (χ2v) is 10.0. The summed E-state index contributed by atoms with van der Waals surface area (Å²) >= 11 is 0. The molecule has 0 radical (unpaired) electrons. The number of nitrogens with one attached hydrogen (secondary N) is 2. The van der Waals surface area contributed by atoms with Crippen molar-refractivity contribution in [3.05, 3.63) is 23.8 Å². The molecule has 1 saturated heterocycles. The third-order valence-electron chi connectivity index (χ3n) is 5.99. The number of hydrogen-bond acceptors (Lipinski definition) is 5. The number of benzene rings is 1. The average molecular weight is 424 g/mol. The molecule has 0 atom stereocenters. The molecule has 3 rings (SSSR count). The number of amides is 1. The summed E-state index contributed by atoms with van der Waals surface area (Å²) < 4.78 is 33.8. The van der Waals surface area contributed by atoms with Crippen molar-refractivity contribution >= 4 is 15.9 Å². The van der Waals surface area contributed by atoms with E-state index in [9.17, 15) is 13.2 Å². The molecule has 1 aliphatic carbocycles. The van der Waals surface area contributed by atoms with E-state index in [0.717, 1.165) is 51.6 Å². The standard InChI is InChI=1S/C21H33N3O4S/c1-15(2)24-12-10-17(11-13-24)22-21(25)16-8-9-19(28-3)20(14-16)29(26,27)23-18-6-4-5-7-18/h8-9,14-15,17-18,23H,4-7,10-13H2,1-3H3,(H,22,25). The topological polar surface area (TPSA) is 87.7 Å². The molecular weight excluding hydrogens is 390 g/mol. The minimum atomic E-state index is -3.75. The van der Waals surface area contributed by atoms with Gasteiger partial charge in [0.25, 0.3) is 5.91 Å². The molecule has 1 saturated carbocycles. The van der Waals surface area contributed by atoms with Crippen molar-refractivity contribution in [2.45, 2.75) is 75.4 Å². The molecule has 8 heteroatoms. The Hall–Kier alpha value is -1.64. The van der Waals surface area contributed by atoms with Crippen LogP contribution in [-0.4, -0.2) is 57.5 Å². The highest BCUT2D eigenvalue weighted by Crippen LogP contribution is 2.27. The van der Waals surface area contributed by atoms with Crippen LogP contribution in [0.5, 0.6) is 5.75 Å². The number of ether oxygens (including phenoxy) is 1. The minimum absolute atomic E-state index is 0.0224. The summed E-state index contributed by atoms with van der Waals surface area (Å²) in [4.78, 5) is 15.2. The number of hydrogen-bond donors (Lipinski definition) is 2. The van der Waals surface area contributed by atoms with Gasteiger partial charge in [-0.3, -0.25) is 4.79 Å². The molecule has 2 aliphatic rings. The van der Waals surface area contributed by atoms with Crippen LogP contribution in [0.15, 0.2) is 23.1 Å². The van der Waals surface area contributed by atoms with Crippen molar-refractivity contribution in [1.82, 2.24) is 14.9 Å². The molecule has 7 nitrogen and oxygen atoms in total. The molecule has 1 aromatic rings. The number of sulfonamides is 1. The maximum atomic E-state index is 12.9. The van der Waals surface area contributed by atoms with Crippen molar-refractivity contribution < 1.29 is 17.9 Å². The van der Waals surface area contributed by atoms with Gasteiger partial charge in [-0.1, -0.05) is 12.8 Å². The highest BCUT2D eigenvalue weighted by atomic mass is 32.2. The first kappa shape index (κ1) is 22.1. The van der Waals surface area contributed by atoms with E-state index in [1.807, 2.05) is 0 Å². The van der Waals surface area contributed by atoms with Gasteiger partial charge in [-0.05, 0) is 57.7 Å². The summed E-state index contributed by atoms with van der Waals surface area (Å²) in [6, 6.07) is 5.16. The van der Waals surface area contributed by atoms with Crippen molar-refractivity contribution in [2.24, 2.45) is 0 Å². The lowest BCUT2D eigenvalue weighted by Crippen LogP contribution is -2.46. The molecule has 1 aliphatic heterocycles. The van der Waals surface area contributed by atoms with Crippen LogP contribution in [0, 0.1) is 0 Å². The number of nitrogens with zero attached hydrogens (tertiary/aromatic N) is 1. The smallest absolute Gasteiger partial charge is 0.251 e. The van der Waals surface area contributed by atoms with Gasteiger partial charge in [0.15, 0.2) is 0 Å². The van der Waals surface area contributed by atoms with E-state index in [4.69, 9.17) is 4.74 Å². The van der Waals surface area contributed by atoms with Gasteiger partial charge < -0.3 is 15.0 Å². The lowest BCUT2D eigenvalue weighted by atomic mass is 10.0. The molecule has 162 valence electrons. The molecule has 0 unspecified atom stereocenters. The van der Waals surface area contributed by atoms with E-state index in [1.165, 1.54) is 13.2 Å². The third-order valence-corrected chi connectivity index (χ3v) is 7.53. The molecule has 29 heavy (non-hydrogen) atoms. The SMILES string of the molecule is COc1ccc(C(=O)NC2CCN(C(C)C)CC2)cc1S(=O)(=O)NC1CCCC1. The van der Waals surface area contributed by atoms with Crippen LogP contribution >= 0.6 is 0 Å². The van der Waals surface area contributed by atoms with Crippen LogP contribution < -0.4 is 14.8 Å². The summed E-state index contributed by atoms with van der Waals surface area (Å²) in [7, 11) is -2.32. The summed E-state index contributed by atoms with van der Waals surface area (Å²) in [5, 5.41) is 3.06. The Balaban J connectivity index is 1.71. The van der Waals surface area contributed by atoms with E-state index in [1.54, 1.807) is 12.1 Å². The van der Waals surface area contributed by atoms with Crippen molar-refractivity contribution in [2.75, 3.05) is 20.2 Å². The molecule has 0 bridgehead atoms. The van der Waals surface area contributed by atoms with Crippen molar-refractivity contribution in [3.63, 3.8) is 0 Å². The molecule has 2 N–H and O–H groups in total. The van der Waals surface area contributed by atoms with E-state index in [0.29, 0.717) is 11.6 Å². The molecule has 0 spiro atoms. The van der Waals surface area contributed by atoms with Crippen LogP contribution in [0.4, 0.5) is 0 Å². The first-order valence-electron chi connectivity index (χ1n) is 10.6. The first-order valence-corrected chi connectivity index (χ1v) is 12.0. The number of rotatable bonds is 7. The average Bonchev–Trinajstić information content (AvgIpc) is 3.20. The zero-order chi connectivity index (χ0) is 21.0. The molecule has 1 heterocycles. The van der Waals surface area contributed by atoms with Crippen molar-refractivity contribution in [1.29, 1.82) is 0 Å². The predicted octanol–water partition coefficient (Wildman–Crippen LogP) is 2.52. The van der Waals surface area contributed by atoms with E-state index in [-0.39, 0.29) is 28.6 Å². The third kappa shape index (κ3) is 5.49. The molecule has 1 amide bonds. The summed E-state index contributed by atoms with van der Waals surface area (Å²) in [5.74, 6) is 0.00487. The van der Waals surface area contributed by atoms with Gasteiger partial charge in [0.2, 0.25) is 10.0 Å². The number of carbonyl (C=O) groups excluding carboxylic acids is 1. The van der Waals surface area contributed by atoms with Gasteiger partial charge in [0, 0.05) is 36.8 Å². The number of methoxy groups -OCH3 is 1. The van der Waals surface area contributed by atoms with Gasteiger partial charge in [0.05, 0.1) is 7.11 Å². The number of carbonyl (C=O) groups is 1. The Morgan fingerprint density at radius 2 is 1.76 bits per heavy atom. The lowest BCUT2D eigenvalue weighted by Gasteiger charge is -2.34. The van der Waals surface area contributed by atoms with Crippen LogP contribution in [0.2, 0.25) is 0 Å². The molecule has 0 aromatic heterocycles. The van der Waals surface area contributed by atoms with Crippen LogP contribution in [0.25, 0.3) is 0 Å². The quantitative estimate of drug-likeness (QED) is 0.704. The van der Waals surface area contributed by atoms with Crippen LogP contribution in [0.1, 0.15) is 62.7 Å². The minimum Gasteiger partial charge on any atom is -0.495 e. The largest absolute Gasteiger partial charge is 0.495 e. The van der Waals surface area contributed by atoms with Crippen LogP contribution in [-0.2, 0) is 10.0 Å². The zero-order valence-corrected chi connectivity index (χ0v) is 18.4. The zero-order valence-electron chi connectivity index (χ0n) is 17.6. The van der Waals surface area contributed by atoms with Gasteiger partial charge in [-0.2, -0.15) is 0 Å². The van der Waals surface area contributed by atoms with E-state index >= 15 is 0 Å². The number of likely N-dealkylation sites (tertiary alicyclic amines) is 1. The normalized spacial score (nSPS) is 19.6. The van der Waals surface area contributed by atoms with Gasteiger partial charge in [-0.15, -0.1) is 0 Å². The summed E-state index contributed by atoms with van der Waals surface area (Å²) in [6.07, 6.45) is 5.54. The van der Waals surface area contributed by atoms with E-state index in [2.05, 4.69) is 28.8 Å². The summed E-state index contributed by atoms with van der Waals surface area (Å²) in [6.45, 7) is 6.27. The van der Waals surface area contributed by atoms with Gasteiger partial charge >= 0.3 is 0 Å². The Labute approximate surface area is 174 Å². The van der Waals surface area contributed by atoms with Crippen LogP contribution in [0.3, 0.4) is 0 Å². The fraction of sp³-hybridized carbons (Fsp3) is 0.667.